The van der Waals surface area contributed by atoms with Gasteiger partial charge in [0.25, 0.3) is 0 Å². The standard InChI is InChI=1S/C35H51N11O6/c36-30(37)41-25-11-9-24(10-12-25)19-40-32(48)45-22-35(26-7-3-1-2-4-8-27(26)35)46(34(51)52)21-29(45)28-20-43(17-18-44(28)33(49)50)31(47)39-13-5-6-15-42-16-14-38-23-42/h9-12,14,16,23,26-29H,1-8,13,15,17-22H2,(H,39,47)(H,40,48)(H,49,50)(H,51,52)(H4,36,37,41). The number of aromatic nitrogens is 2. The van der Waals surface area contributed by atoms with Gasteiger partial charge < -0.3 is 46.7 Å². The number of rotatable bonds is 9. The van der Waals surface area contributed by atoms with Gasteiger partial charge in [-0.15, -0.1) is 0 Å². The number of amides is 6. The quantitative estimate of drug-likeness (QED) is 0.127. The van der Waals surface area contributed by atoms with Crippen molar-refractivity contribution in [2.45, 2.75) is 82.1 Å². The van der Waals surface area contributed by atoms with E-state index >= 15 is 0 Å². The van der Waals surface area contributed by atoms with Crippen molar-refractivity contribution in [2.24, 2.45) is 28.3 Å². The Bertz CT molecular complexity index is 1580. The largest absolute Gasteiger partial charge is 0.465 e. The highest BCUT2D eigenvalue weighted by atomic mass is 16.4. The molecule has 282 valence electrons. The Balaban J connectivity index is 1.21. The van der Waals surface area contributed by atoms with Crippen LogP contribution in [0.15, 0.2) is 48.0 Å². The van der Waals surface area contributed by atoms with Crippen LogP contribution in [0.5, 0.6) is 0 Å². The van der Waals surface area contributed by atoms with E-state index < -0.39 is 35.8 Å². The average molecular weight is 722 g/mol. The van der Waals surface area contributed by atoms with Crippen molar-refractivity contribution in [1.29, 1.82) is 0 Å². The fourth-order valence-electron chi connectivity index (χ4n) is 8.77. The number of nitrogens with two attached hydrogens (primary N) is 2. The smallest absolute Gasteiger partial charge is 0.407 e. The number of urea groups is 2. The minimum atomic E-state index is -1.18. The van der Waals surface area contributed by atoms with Gasteiger partial charge in [0.2, 0.25) is 0 Å². The van der Waals surface area contributed by atoms with E-state index in [0.29, 0.717) is 12.2 Å². The third kappa shape index (κ3) is 7.97. The molecule has 3 heterocycles. The number of carbonyl (C=O) groups is 4. The number of fused-ring (bicyclic) bond motifs is 3. The molecular formula is C35H51N11O6. The Morgan fingerprint density at radius 3 is 2.21 bits per heavy atom. The fourth-order valence-corrected chi connectivity index (χ4v) is 8.77. The summed E-state index contributed by atoms with van der Waals surface area (Å²) in [5.74, 6) is 0.187. The Labute approximate surface area is 303 Å². The summed E-state index contributed by atoms with van der Waals surface area (Å²) in [6, 6.07) is 4.65. The molecule has 6 rings (SSSR count). The highest BCUT2D eigenvalue weighted by molar-refractivity contribution is 5.79. The normalized spacial score (nSPS) is 25.8. The van der Waals surface area contributed by atoms with Crippen LogP contribution in [0, 0.1) is 11.8 Å². The van der Waals surface area contributed by atoms with Gasteiger partial charge in [-0.1, -0.05) is 37.8 Å². The van der Waals surface area contributed by atoms with Crippen molar-refractivity contribution < 1.29 is 29.4 Å². The number of benzene rings is 1. The highest BCUT2D eigenvalue weighted by Gasteiger charge is 2.71. The van der Waals surface area contributed by atoms with Crippen LogP contribution in [0.4, 0.5) is 24.9 Å². The zero-order valence-electron chi connectivity index (χ0n) is 29.5. The van der Waals surface area contributed by atoms with Crippen molar-refractivity contribution in [1.82, 2.24) is 39.8 Å². The number of hydrogen-bond donors (Lipinski definition) is 6. The number of nitrogens with zero attached hydrogens (tertiary/aromatic N) is 7. The van der Waals surface area contributed by atoms with E-state index in [0.717, 1.165) is 63.5 Å². The molecule has 2 aliphatic carbocycles. The van der Waals surface area contributed by atoms with Gasteiger partial charge in [0.1, 0.15) is 0 Å². The Hall–Kier alpha value is -5.22. The molecule has 17 heteroatoms. The summed E-state index contributed by atoms with van der Waals surface area (Å²) in [5.41, 5.74) is 11.6. The van der Waals surface area contributed by atoms with Gasteiger partial charge in [-0.05, 0) is 55.2 Å². The Morgan fingerprint density at radius 1 is 0.865 bits per heavy atom. The van der Waals surface area contributed by atoms with Crippen LogP contribution in [-0.2, 0) is 13.1 Å². The minimum absolute atomic E-state index is 0.0151. The number of hydrogen-bond acceptors (Lipinski definition) is 6. The Morgan fingerprint density at radius 2 is 1.58 bits per heavy atom. The molecule has 2 saturated heterocycles. The number of aliphatic imine (C=N–C) groups is 1. The summed E-state index contributed by atoms with van der Waals surface area (Å²) >= 11 is 0. The lowest BCUT2D eigenvalue weighted by molar-refractivity contribution is -0.0200. The first kappa shape index (κ1) is 36.6. The van der Waals surface area contributed by atoms with Crippen molar-refractivity contribution >= 4 is 35.9 Å². The molecule has 0 bridgehead atoms. The van der Waals surface area contributed by atoms with Crippen LogP contribution >= 0.6 is 0 Å². The van der Waals surface area contributed by atoms with Crippen LogP contribution in [0.1, 0.15) is 56.9 Å². The Kier molecular flexibility index (Phi) is 11.2. The average Bonchev–Trinajstić information content (AvgIpc) is 3.39. The highest BCUT2D eigenvalue weighted by Crippen LogP contribution is 2.62. The van der Waals surface area contributed by atoms with Gasteiger partial charge in [-0.25, -0.2) is 29.2 Å². The van der Waals surface area contributed by atoms with Crippen LogP contribution in [0.3, 0.4) is 0 Å². The molecule has 4 unspecified atom stereocenters. The SMILES string of the molecule is NC(N)=Nc1ccc(CNC(=O)N2CC3(C4CCCCCCC43)N(C(=O)O)CC2C2CN(C(=O)NCCCCn3ccnc3)CCN2C(=O)O)cc1. The first-order valence-corrected chi connectivity index (χ1v) is 18.3. The van der Waals surface area contributed by atoms with E-state index in [1.165, 1.54) is 9.80 Å². The van der Waals surface area contributed by atoms with Gasteiger partial charge in [0.15, 0.2) is 5.96 Å². The number of carboxylic acid groups (broad SMARTS) is 2. The second-order valence-electron chi connectivity index (χ2n) is 14.4. The molecule has 8 N–H and O–H groups in total. The number of guanidine groups is 1. The summed E-state index contributed by atoms with van der Waals surface area (Å²) in [7, 11) is 0. The van der Waals surface area contributed by atoms with Gasteiger partial charge in [0.05, 0.1) is 29.6 Å². The van der Waals surface area contributed by atoms with Gasteiger partial charge in [-0.3, -0.25) is 9.80 Å². The molecule has 1 spiro atoms. The molecular weight excluding hydrogens is 670 g/mol. The molecule has 52 heavy (non-hydrogen) atoms. The molecule has 4 fully saturated rings. The number of aryl methyl sites for hydroxylation is 1. The van der Waals surface area contributed by atoms with Crippen LogP contribution in [0.2, 0.25) is 0 Å². The maximum absolute atomic E-state index is 14.3. The zero-order chi connectivity index (χ0) is 36.8. The molecule has 6 amide bonds. The summed E-state index contributed by atoms with van der Waals surface area (Å²) in [6.45, 7) is 1.72. The van der Waals surface area contributed by atoms with Gasteiger partial charge >= 0.3 is 24.2 Å². The lowest BCUT2D eigenvalue weighted by Crippen LogP contribution is -2.73. The lowest BCUT2D eigenvalue weighted by Gasteiger charge is -2.52. The zero-order valence-corrected chi connectivity index (χ0v) is 29.5. The van der Waals surface area contributed by atoms with Crippen LogP contribution in [0.25, 0.3) is 0 Å². The molecule has 2 aromatic rings. The third-order valence-electron chi connectivity index (χ3n) is 11.3. The molecule has 1 aromatic carbocycles. The predicted octanol–water partition coefficient (Wildman–Crippen LogP) is 2.86. The van der Waals surface area contributed by atoms with Crippen molar-refractivity contribution in [3.8, 4) is 0 Å². The summed E-state index contributed by atoms with van der Waals surface area (Å²) in [5, 5.41) is 27.0. The molecule has 17 nitrogen and oxygen atoms in total. The molecule has 0 radical (unpaired) electrons. The van der Waals surface area contributed by atoms with E-state index in [9.17, 15) is 29.4 Å². The molecule has 4 aliphatic rings. The monoisotopic (exact) mass is 721 g/mol. The first-order valence-electron chi connectivity index (χ1n) is 18.3. The van der Waals surface area contributed by atoms with E-state index in [1.54, 1.807) is 46.6 Å². The second-order valence-corrected chi connectivity index (χ2v) is 14.4. The first-order chi connectivity index (χ1) is 25.1. The van der Waals surface area contributed by atoms with Crippen molar-refractivity contribution in [3.05, 3.63) is 48.5 Å². The summed E-state index contributed by atoms with van der Waals surface area (Å²) in [4.78, 5) is 67.5. The van der Waals surface area contributed by atoms with Crippen LogP contribution in [-0.4, -0.2) is 126 Å². The van der Waals surface area contributed by atoms with E-state index in [2.05, 4.69) is 20.6 Å². The summed E-state index contributed by atoms with van der Waals surface area (Å²) in [6.07, 6.45) is 10.7. The number of nitrogens with one attached hydrogen (secondary N) is 2. The molecule has 4 atom stereocenters. The van der Waals surface area contributed by atoms with Crippen molar-refractivity contribution in [3.63, 3.8) is 0 Å². The van der Waals surface area contributed by atoms with Gasteiger partial charge in [0, 0.05) is 64.8 Å². The maximum atomic E-state index is 14.3. The number of carbonyl (C=O) groups excluding carboxylic acids is 2. The number of piperazine rings is 2. The van der Waals surface area contributed by atoms with E-state index in [-0.39, 0.29) is 63.1 Å². The fraction of sp³-hybridized carbons (Fsp3) is 0.600. The number of imidazole rings is 1. The third-order valence-corrected chi connectivity index (χ3v) is 11.3. The number of unbranched alkanes of at least 4 members (excludes halogenated alkanes) is 1. The van der Waals surface area contributed by atoms with Gasteiger partial charge in [-0.2, -0.15) is 0 Å². The maximum Gasteiger partial charge on any atom is 0.407 e. The molecule has 2 aliphatic heterocycles. The van der Waals surface area contributed by atoms with E-state index in [4.69, 9.17) is 11.5 Å². The molecule has 1 aromatic heterocycles. The van der Waals surface area contributed by atoms with E-state index in [1.807, 2.05) is 10.8 Å². The topological polar surface area (TPSA) is 228 Å². The predicted molar refractivity (Wildman–Crippen MR) is 192 cm³/mol. The van der Waals surface area contributed by atoms with Crippen LogP contribution < -0.4 is 22.1 Å². The second kappa shape index (κ2) is 16.0. The minimum Gasteiger partial charge on any atom is -0.465 e. The lowest BCUT2D eigenvalue weighted by atomic mass is 9.94. The van der Waals surface area contributed by atoms with Crippen molar-refractivity contribution in [2.75, 3.05) is 39.3 Å². The summed E-state index contributed by atoms with van der Waals surface area (Å²) < 4.78 is 1.97. The molecule has 2 saturated carbocycles.